The molecule has 18 heavy (non-hydrogen) atoms. The average Bonchev–Trinajstić information content (AvgIpc) is 2.21. The summed E-state index contributed by atoms with van der Waals surface area (Å²) in [5.41, 5.74) is -1.08. The Morgan fingerprint density at radius 2 is 1.89 bits per heavy atom. The van der Waals surface area contributed by atoms with Crippen molar-refractivity contribution in [2.45, 2.75) is 45.8 Å². The normalized spacial score (nSPS) is 12.6. The summed E-state index contributed by atoms with van der Waals surface area (Å²) in [4.78, 5) is 15.2. The van der Waals surface area contributed by atoms with Gasteiger partial charge in [-0.3, -0.25) is 5.41 Å². The second-order valence-electron chi connectivity index (χ2n) is 5.37. The maximum Gasteiger partial charge on any atom is 0.408 e. The topological polar surface area (TPSA) is 83.8 Å². The predicted molar refractivity (Wildman–Crippen MR) is 71.5 cm³/mol. The second kappa shape index (κ2) is 6.49. The number of carbonyl (C=O) groups is 1. The monoisotopic (exact) mass is 257 g/mol. The van der Waals surface area contributed by atoms with E-state index in [1.165, 1.54) is 6.21 Å². The van der Waals surface area contributed by atoms with Gasteiger partial charge in [-0.05, 0) is 34.6 Å². The number of ether oxygens (including phenoxy) is 2. The maximum atomic E-state index is 11.3. The van der Waals surface area contributed by atoms with Crippen molar-refractivity contribution in [3.05, 3.63) is 0 Å². The highest BCUT2D eigenvalue weighted by atomic mass is 16.6. The summed E-state index contributed by atoms with van der Waals surface area (Å²) in [5.74, 6) is 0.0333. The van der Waals surface area contributed by atoms with E-state index in [2.05, 4.69) is 10.3 Å². The van der Waals surface area contributed by atoms with Crippen molar-refractivity contribution in [3.63, 3.8) is 0 Å². The van der Waals surface area contributed by atoms with Crippen molar-refractivity contribution < 1.29 is 14.3 Å². The third-order valence-electron chi connectivity index (χ3n) is 1.86. The number of rotatable bonds is 4. The van der Waals surface area contributed by atoms with Crippen molar-refractivity contribution in [1.29, 1.82) is 5.41 Å². The van der Waals surface area contributed by atoms with E-state index in [1.807, 2.05) is 13.8 Å². The third-order valence-corrected chi connectivity index (χ3v) is 1.86. The van der Waals surface area contributed by atoms with Crippen molar-refractivity contribution in [3.8, 4) is 0 Å². The zero-order valence-electron chi connectivity index (χ0n) is 12.0. The van der Waals surface area contributed by atoms with Crippen molar-refractivity contribution in [1.82, 2.24) is 5.32 Å². The summed E-state index contributed by atoms with van der Waals surface area (Å²) >= 11 is 0. The van der Waals surface area contributed by atoms with E-state index in [9.17, 15) is 4.79 Å². The Kier molecular flexibility index (Phi) is 5.97. The zero-order chi connectivity index (χ0) is 14.4. The van der Waals surface area contributed by atoms with Gasteiger partial charge in [0.1, 0.15) is 11.4 Å². The van der Waals surface area contributed by atoms with Crippen LogP contribution in [0.15, 0.2) is 4.99 Å². The molecular formula is C12H23N3O3. The summed E-state index contributed by atoms with van der Waals surface area (Å²) in [6.07, 6.45) is 0.958. The first-order chi connectivity index (χ1) is 8.06. The van der Waals surface area contributed by atoms with Crippen LogP contribution in [0.4, 0.5) is 4.79 Å². The molecule has 104 valence electrons. The molecule has 0 atom stereocenters. The van der Waals surface area contributed by atoms with Crippen LogP contribution in [0.2, 0.25) is 0 Å². The fourth-order valence-corrected chi connectivity index (χ4v) is 0.802. The molecule has 2 N–H and O–H groups in total. The van der Waals surface area contributed by atoms with E-state index >= 15 is 0 Å². The van der Waals surface area contributed by atoms with Gasteiger partial charge < -0.3 is 14.8 Å². The van der Waals surface area contributed by atoms with Crippen LogP contribution in [0.25, 0.3) is 0 Å². The molecule has 0 aliphatic heterocycles. The highest BCUT2D eigenvalue weighted by Crippen LogP contribution is 2.06. The summed E-state index contributed by atoms with van der Waals surface area (Å²) in [5, 5.41) is 10.00. The van der Waals surface area contributed by atoms with Crippen LogP contribution < -0.4 is 5.32 Å². The number of nitrogens with zero attached hydrogens (tertiary/aromatic N) is 1. The largest absolute Gasteiger partial charge is 0.444 e. The molecule has 0 aliphatic carbocycles. The molecule has 6 heteroatoms. The molecule has 0 unspecified atom stereocenters. The Bertz CT molecular complexity index is 330. The van der Waals surface area contributed by atoms with Crippen LogP contribution in [-0.4, -0.2) is 43.0 Å². The summed E-state index contributed by atoms with van der Waals surface area (Å²) in [6, 6.07) is 0. The molecule has 0 heterocycles. The molecule has 0 rings (SSSR count). The molecule has 0 saturated heterocycles. The van der Waals surface area contributed by atoms with E-state index in [-0.39, 0.29) is 12.4 Å². The Labute approximate surface area is 108 Å². The quantitative estimate of drug-likeness (QED) is 0.596. The van der Waals surface area contributed by atoms with Gasteiger partial charge in [-0.25, -0.2) is 9.79 Å². The Morgan fingerprint density at radius 3 is 2.33 bits per heavy atom. The van der Waals surface area contributed by atoms with Gasteiger partial charge >= 0.3 is 6.09 Å². The van der Waals surface area contributed by atoms with Crippen LogP contribution in [0.5, 0.6) is 0 Å². The Hall–Kier alpha value is -1.43. The van der Waals surface area contributed by atoms with Crippen LogP contribution in [0.1, 0.15) is 34.6 Å². The van der Waals surface area contributed by atoms with Crippen LogP contribution in [0, 0.1) is 5.41 Å². The van der Waals surface area contributed by atoms with Gasteiger partial charge in [0.05, 0.1) is 12.1 Å². The molecule has 0 radical (unpaired) electrons. The number of nitrogens with one attached hydrogen (secondary N) is 2. The lowest BCUT2D eigenvalue weighted by molar-refractivity contribution is 0.0536. The molecule has 1 amide bonds. The lowest BCUT2D eigenvalue weighted by Gasteiger charge is -2.19. The maximum absolute atomic E-state index is 11.3. The molecule has 0 saturated carbocycles. The number of carbonyl (C=O) groups excluding carboxylic acids is 1. The summed E-state index contributed by atoms with van der Waals surface area (Å²) in [6.45, 7) is 8.99. The molecule has 6 nitrogen and oxygen atoms in total. The zero-order valence-corrected chi connectivity index (χ0v) is 12.0. The van der Waals surface area contributed by atoms with Gasteiger partial charge in [-0.1, -0.05) is 0 Å². The van der Waals surface area contributed by atoms with E-state index in [1.54, 1.807) is 27.9 Å². The number of methoxy groups -OCH3 is 1. The third kappa shape index (κ3) is 8.69. The van der Waals surface area contributed by atoms with Gasteiger partial charge in [-0.2, -0.15) is 0 Å². The SMILES string of the molecule is COC(C)(C)/C=N\C(=N)CNC(=O)OC(C)(C)C. The molecule has 0 spiro atoms. The molecule has 0 aromatic rings. The van der Waals surface area contributed by atoms with Crippen LogP contribution >= 0.6 is 0 Å². The minimum atomic E-state index is -0.562. The first-order valence-electron chi connectivity index (χ1n) is 5.70. The fraction of sp³-hybridized carbons (Fsp3) is 0.750. The fourth-order valence-electron chi connectivity index (χ4n) is 0.802. The Balaban J connectivity index is 4.09. The van der Waals surface area contributed by atoms with Gasteiger partial charge in [0.25, 0.3) is 0 Å². The smallest absolute Gasteiger partial charge is 0.408 e. The lowest BCUT2D eigenvalue weighted by Crippen LogP contribution is -2.35. The first-order valence-corrected chi connectivity index (χ1v) is 5.70. The molecule has 0 fully saturated rings. The van der Waals surface area contributed by atoms with Crippen LogP contribution in [0.3, 0.4) is 0 Å². The second-order valence-corrected chi connectivity index (χ2v) is 5.37. The predicted octanol–water partition coefficient (Wildman–Crippen LogP) is 1.98. The molecule has 0 aromatic carbocycles. The van der Waals surface area contributed by atoms with E-state index in [4.69, 9.17) is 14.9 Å². The molecular weight excluding hydrogens is 234 g/mol. The first kappa shape index (κ1) is 16.6. The Morgan fingerprint density at radius 1 is 1.33 bits per heavy atom. The van der Waals surface area contributed by atoms with E-state index < -0.39 is 17.3 Å². The van der Waals surface area contributed by atoms with Gasteiger partial charge in [0.2, 0.25) is 0 Å². The standard InChI is InChI=1S/C12H23N3O3/c1-11(2,3)18-10(16)14-7-9(13)15-8-12(4,5)17-6/h8,13H,7H2,1-6H3,(H,14,16)/b13-9?,15-8-. The molecule has 0 bridgehead atoms. The number of alkyl carbamates (subject to hydrolysis) is 1. The summed E-state index contributed by atoms with van der Waals surface area (Å²) < 4.78 is 10.2. The highest BCUT2D eigenvalue weighted by molar-refractivity contribution is 5.92. The van der Waals surface area contributed by atoms with Crippen LogP contribution in [-0.2, 0) is 9.47 Å². The van der Waals surface area contributed by atoms with E-state index in [0.29, 0.717) is 0 Å². The number of amides is 1. The van der Waals surface area contributed by atoms with E-state index in [0.717, 1.165) is 0 Å². The van der Waals surface area contributed by atoms with Crippen molar-refractivity contribution in [2.75, 3.05) is 13.7 Å². The molecule has 0 aromatic heterocycles. The van der Waals surface area contributed by atoms with Gasteiger partial charge in [-0.15, -0.1) is 0 Å². The number of hydrogen-bond donors (Lipinski definition) is 2. The number of hydrogen-bond acceptors (Lipinski definition) is 4. The van der Waals surface area contributed by atoms with Gasteiger partial charge in [0.15, 0.2) is 0 Å². The highest BCUT2D eigenvalue weighted by Gasteiger charge is 2.16. The van der Waals surface area contributed by atoms with Crippen molar-refractivity contribution in [2.24, 2.45) is 4.99 Å². The average molecular weight is 257 g/mol. The minimum absolute atomic E-state index is 0.0191. The number of amidine groups is 1. The summed E-state index contributed by atoms with van der Waals surface area (Å²) in [7, 11) is 1.56. The minimum Gasteiger partial charge on any atom is -0.444 e. The van der Waals surface area contributed by atoms with Gasteiger partial charge in [0, 0.05) is 13.3 Å². The molecule has 0 aliphatic rings. The number of aliphatic imine (C=N–C) groups is 1. The lowest BCUT2D eigenvalue weighted by atomic mass is 10.2. The van der Waals surface area contributed by atoms with Crippen molar-refractivity contribution >= 4 is 18.1 Å².